The summed E-state index contributed by atoms with van der Waals surface area (Å²) in [6, 6.07) is 1.80. The van der Waals surface area contributed by atoms with Gasteiger partial charge in [-0.05, 0) is 31.1 Å². The number of aromatic nitrogens is 2. The Morgan fingerprint density at radius 2 is 2.17 bits per heavy atom. The standard InChI is InChI=1S/C26H41N7O2/c1-4-6-22(5-2)31-26(35)33-12-11-28-16-24(33)25(34)30-10-9-23-15-29-18-32(23)17-21-8-7-20(14-27)13-19(21)3/h7-8,15,18-22,24,28H,4-6,9-13,16-17H2,1-3H3,(H,30,34)(H,31,35)/t19?,20?,21?,22?,24-/m1/s1. The van der Waals surface area contributed by atoms with E-state index >= 15 is 0 Å². The molecule has 1 aromatic heterocycles. The molecular weight excluding hydrogens is 442 g/mol. The van der Waals surface area contributed by atoms with Gasteiger partial charge in [0.2, 0.25) is 5.91 Å². The van der Waals surface area contributed by atoms with Gasteiger partial charge in [-0.15, -0.1) is 0 Å². The molecule has 0 saturated carbocycles. The Morgan fingerprint density at radius 3 is 2.89 bits per heavy atom. The average Bonchev–Trinajstić information content (AvgIpc) is 3.31. The van der Waals surface area contributed by atoms with E-state index in [0.29, 0.717) is 44.4 Å². The molecule has 3 rings (SSSR count). The summed E-state index contributed by atoms with van der Waals surface area (Å²) in [4.78, 5) is 31.9. The second-order valence-corrected chi connectivity index (χ2v) is 9.83. The third-order valence-electron chi connectivity index (χ3n) is 7.26. The van der Waals surface area contributed by atoms with E-state index in [-0.39, 0.29) is 23.9 Å². The highest BCUT2D eigenvalue weighted by atomic mass is 16.2. The van der Waals surface area contributed by atoms with Crippen molar-refractivity contribution in [1.29, 1.82) is 5.26 Å². The first kappa shape index (κ1) is 26.7. The summed E-state index contributed by atoms with van der Waals surface area (Å²) in [7, 11) is 0. The molecule has 0 bridgehead atoms. The zero-order valence-electron chi connectivity index (χ0n) is 21.4. The summed E-state index contributed by atoms with van der Waals surface area (Å²) >= 11 is 0. The van der Waals surface area contributed by atoms with Crippen molar-refractivity contribution >= 4 is 11.9 Å². The molecule has 0 aromatic carbocycles. The van der Waals surface area contributed by atoms with Gasteiger partial charge >= 0.3 is 6.03 Å². The maximum Gasteiger partial charge on any atom is 0.318 e. The largest absolute Gasteiger partial charge is 0.354 e. The topological polar surface area (TPSA) is 115 Å². The molecule has 2 heterocycles. The van der Waals surface area contributed by atoms with Crippen LogP contribution in [0.1, 0.15) is 52.1 Å². The van der Waals surface area contributed by atoms with E-state index in [4.69, 9.17) is 0 Å². The van der Waals surface area contributed by atoms with Crippen LogP contribution in [0.15, 0.2) is 24.7 Å². The van der Waals surface area contributed by atoms with E-state index in [0.717, 1.165) is 37.9 Å². The lowest BCUT2D eigenvalue weighted by Crippen LogP contribution is -2.62. The second-order valence-electron chi connectivity index (χ2n) is 9.83. The van der Waals surface area contributed by atoms with Gasteiger partial charge in [-0.1, -0.05) is 39.3 Å². The third-order valence-corrected chi connectivity index (χ3v) is 7.26. The molecule has 1 aliphatic heterocycles. The fourth-order valence-electron chi connectivity index (χ4n) is 5.00. The van der Waals surface area contributed by atoms with Gasteiger partial charge in [0.25, 0.3) is 0 Å². The quantitative estimate of drug-likeness (QED) is 0.442. The van der Waals surface area contributed by atoms with Crippen molar-refractivity contribution in [3.63, 3.8) is 0 Å². The van der Waals surface area contributed by atoms with Crippen molar-refractivity contribution in [1.82, 2.24) is 30.4 Å². The van der Waals surface area contributed by atoms with E-state index in [2.05, 4.69) is 58.4 Å². The summed E-state index contributed by atoms with van der Waals surface area (Å²) in [6.07, 6.45) is 12.2. The predicted molar refractivity (Wildman–Crippen MR) is 135 cm³/mol. The van der Waals surface area contributed by atoms with E-state index in [1.807, 2.05) is 18.6 Å². The van der Waals surface area contributed by atoms with Crippen molar-refractivity contribution in [3.8, 4) is 6.07 Å². The first-order chi connectivity index (χ1) is 17.0. The molecule has 2 aliphatic rings. The van der Waals surface area contributed by atoms with Crippen molar-refractivity contribution in [2.24, 2.45) is 17.8 Å². The van der Waals surface area contributed by atoms with Gasteiger partial charge in [0.15, 0.2) is 0 Å². The zero-order chi connectivity index (χ0) is 25.2. The van der Waals surface area contributed by atoms with Crippen LogP contribution in [-0.2, 0) is 17.8 Å². The smallest absolute Gasteiger partial charge is 0.318 e. The molecule has 3 N–H and O–H groups in total. The van der Waals surface area contributed by atoms with Crippen molar-refractivity contribution < 1.29 is 9.59 Å². The summed E-state index contributed by atoms with van der Waals surface area (Å²) in [5, 5.41) is 18.5. The number of nitriles is 1. The molecule has 9 nitrogen and oxygen atoms in total. The van der Waals surface area contributed by atoms with Crippen molar-refractivity contribution in [2.45, 2.75) is 71.5 Å². The first-order valence-corrected chi connectivity index (χ1v) is 13.1. The maximum atomic E-state index is 13.0. The number of hydrogen-bond acceptors (Lipinski definition) is 5. The molecule has 1 aliphatic carbocycles. The number of urea groups is 1. The van der Waals surface area contributed by atoms with Gasteiger partial charge in [-0.3, -0.25) is 4.79 Å². The summed E-state index contributed by atoms with van der Waals surface area (Å²) < 4.78 is 2.14. The Morgan fingerprint density at radius 1 is 1.34 bits per heavy atom. The minimum Gasteiger partial charge on any atom is -0.354 e. The molecule has 1 aromatic rings. The number of imidazole rings is 1. The van der Waals surface area contributed by atoms with Crippen molar-refractivity contribution in [3.05, 3.63) is 30.4 Å². The average molecular weight is 484 g/mol. The van der Waals surface area contributed by atoms with Crippen LogP contribution in [0.4, 0.5) is 4.79 Å². The highest BCUT2D eigenvalue weighted by Crippen LogP contribution is 2.29. The molecule has 1 fully saturated rings. The lowest BCUT2D eigenvalue weighted by Gasteiger charge is -2.36. The molecule has 3 amide bonds. The van der Waals surface area contributed by atoms with E-state index < -0.39 is 6.04 Å². The number of carbonyl (C=O) groups excluding carboxylic acids is 2. The molecule has 0 spiro atoms. The van der Waals surface area contributed by atoms with E-state index in [1.165, 1.54) is 0 Å². The van der Waals surface area contributed by atoms with Gasteiger partial charge < -0.3 is 25.4 Å². The number of nitrogens with one attached hydrogen (secondary N) is 3. The fraction of sp³-hybridized carbons (Fsp3) is 0.692. The van der Waals surface area contributed by atoms with Crippen LogP contribution in [-0.4, -0.2) is 64.7 Å². The number of carbonyl (C=O) groups is 2. The first-order valence-electron chi connectivity index (χ1n) is 13.1. The number of amides is 3. The lowest BCUT2D eigenvalue weighted by atomic mass is 9.80. The Kier molecular flexibility index (Phi) is 10.2. The molecule has 1 saturated heterocycles. The molecule has 192 valence electrons. The monoisotopic (exact) mass is 483 g/mol. The van der Waals surface area contributed by atoms with Crippen LogP contribution in [0, 0.1) is 29.1 Å². The molecule has 35 heavy (non-hydrogen) atoms. The SMILES string of the molecule is CCCC(CC)NC(=O)N1CCNC[C@@H]1C(=O)NCCc1cncn1CC1C=CC(C#N)CC1C. The van der Waals surface area contributed by atoms with E-state index in [9.17, 15) is 14.9 Å². The van der Waals surface area contributed by atoms with Crippen LogP contribution >= 0.6 is 0 Å². The minimum atomic E-state index is -0.519. The number of hydrogen-bond donors (Lipinski definition) is 3. The van der Waals surface area contributed by atoms with Gasteiger partial charge in [-0.2, -0.15) is 5.26 Å². The summed E-state index contributed by atoms with van der Waals surface area (Å²) in [5.41, 5.74) is 1.06. The number of allylic oxidation sites excluding steroid dienone is 2. The molecule has 0 radical (unpaired) electrons. The van der Waals surface area contributed by atoms with Gasteiger partial charge in [0.1, 0.15) is 6.04 Å². The van der Waals surface area contributed by atoms with Crippen molar-refractivity contribution in [2.75, 3.05) is 26.2 Å². The number of nitrogens with zero attached hydrogens (tertiary/aromatic N) is 4. The van der Waals surface area contributed by atoms with Gasteiger partial charge in [0, 0.05) is 57.1 Å². The number of rotatable bonds is 10. The van der Waals surface area contributed by atoms with Crippen LogP contribution in [0.25, 0.3) is 0 Å². The Labute approximate surface area is 209 Å². The van der Waals surface area contributed by atoms with Gasteiger partial charge in [0.05, 0.1) is 18.3 Å². The van der Waals surface area contributed by atoms with Crippen LogP contribution < -0.4 is 16.0 Å². The Bertz CT molecular complexity index is 906. The summed E-state index contributed by atoms with van der Waals surface area (Å²) in [5.74, 6) is 0.671. The Balaban J connectivity index is 1.52. The van der Waals surface area contributed by atoms with Crippen LogP contribution in [0.2, 0.25) is 0 Å². The lowest BCUT2D eigenvalue weighted by molar-refractivity contribution is -0.125. The molecule has 9 heteroatoms. The number of piperazine rings is 1. The van der Waals surface area contributed by atoms with Crippen LogP contribution in [0.5, 0.6) is 0 Å². The Hall–Kier alpha value is -2.86. The highest BCUT2D eigenvalue weighted by Gasteiger charge is 2.32. The van der Waals surface area contributed by atoms with Crippen LogP contribution in [0.3, 0.4) is 0 Å². The zero-order valence-corrected chi connectivity index (χ0v) is 21.4. The van der Waals surface area contributed by atoms with Gasteiger partial charge in [-0.25, -0.2) is 9.78 Å². The normalized spacial score (nSPS) is 25.0. The minimum absolute atomic E-state index is 0.00847. The fourth-order valence-corrected chi connectivity index (χ4v) is 5.00. The second kappa shape index (κ2) is 13.3. The van der Waals surface area contributed by atoms with E-state index in [1.54, 1.807) is 4.90 Å². The molecular formula is C26H41N7O2. The molecule has 5 atom stereocenters. The summed E-state index contributed by atoms with van der Waals surface area (Å²) in [6.45, 7) is 9.33. The maximum absolute atomic E-state index is 13.0. The highest BCUT2D eigenvalue weighted by molar-refractivity contribution is 5.87. The predicted octanol–water partition coefficient (Wildman–Crippen LogP) is 2.46. The molecule has 4 unspecified atom stereocenters. The third kappa shape index (κ3) is 7.31.